The smallest absolute Gasteiger partial charge is 0.223 e. The number of halogens is 2. The van der Waals surface area contributed by atoms with E-state index in [1.807, 2.05) is 0 Å². The van der Waals surface area contributed by atoms with Crippen molar-refractivity contribution in [2.75, 3.05) is 20.3 Å². The van der Waals surface area contributed by atoms with E-state index in [4.69, 9.17) is 10.5 Å². The van der Waals surface area contributed by atoms with Crippen molar-refractivity contribution in [3.8, 4) is 0 Å². The molecule has 1 saturated heterocycles. The second-order valence-electron chi connectivity index (χ2n) is 5.25. The van der Waals surface area contributed by atoms with Gasteiger partial charge in [-0.25, -0.2) is 4.39 Å². The number of likely N-dealkylation sites (tertiary alicyclic amines) is 1. The maximum Gasteiger partial charge on any atom is 0.223 e. The Kier molecular flexibility index (Phi) is 5.72. The first-order chi connectivity index (χ1) is 10.0. The number of carbonyl (C=O) groups is 1. The molecule has 1 aliphatic rings. The molecule has 1 fully saturated rings. The van der Waals surface area contributed by atoms with Crippen LogP contribution in [0.2, 0.25) is 0 Å². The van der Waals surface area contributed by atoms with E-state index in [0.29, 0.717) is 24.0 Å². The highest BCUT2D eigenvalue weighted by molar-refractivity contribution is 9.10. The van der Waals surface area contributed by atoms with E-state index in [0.717, 1.165) is 18.4 Å². The van der Waals surface area contributed by atoms with E-state index in [2.05, 4.69) is 15.9 Å². The SMILES string of the molecule is COCCN1C(=O)CCCC(N)C1c1ccc(F)c(Br)c1. The summed E-state index contributed by atoms with van der Waals surface area (Å²) >= 11 is 3.20. The summed E-state index contributed by atoms with van der Waals surface area (Å²) in [6, 6.07) is 4.40. The van der Waals surface area contributed by atoms with Crippen LogP contribution in [0.3, 0.4) is 0 Å². The fourth-order valence-corrected chi connectivity index (χ4v) is 3.15. The van der Waals surface area contributed by atoms with Gasteiger partial charge in [0.05, 0.1) is 17.1 Å². The molecule has 2 rings (SSSR count). The number of hydrogen-bond acceptors (Lipinski definition) is 3. The largest absolute Gasteiger partial charge is 0.383 e. The second-order valence-corrected chi connectivity index (χ2v) is 6.11. The molecule has 0 radical (unpaired) electrons. The normalized spacial score (nSPS) is 23.2. The molecule has 0 saturated carbocycles. The standard InChI is InChI=1S/C15H20BrFN2O2/c1-21-8-7-19-14(20)4-2-3-13(18)15(19)10-5-6-12(17)11(16)9-10/h5-6,9,13,15H,2-4,7-8,18H2,1H3. The van der Waals surface area contributed by atoms with E-state index in [1.165, 1.54) is 6.07 Å². The van der Waals surface area contributed by atoms with Crippen LogP contribution in [0.5, 0.6) is 0 Å². The maximum atomic E-state index is 13.4. The van der Waals surface area contributed by atoms with Crippen LogP contribution in [-0.2, 0) is 9.53 Å². The fraction of sp³-hybridized carbons (Fsp3) is 0.533. The van der Waals surface area contributed by atoms with Gasteiger partial charge in [0.1, 0.15) is 5.82 Å². The number of ether oxygens (including phenoxy) is 1. The summed E-state index contributed by atoms with van der Waals surface area (Å²) in [6.45, 7) is 0.944. The summed E-state index contributed by atoms with van der Waals surface area (Å²) in [5.74, 6) is -0.249. The lowest BCUT2D eigenvalue weighted by Crippen LogP contribution is -2.43. The number of nitrogens with two attached hydrogens (primary N) is 1. The molecule has 1 aromatic rings. The van der Waals surface area contributed by atoms with Gasteiger partial charge in [-0.1, -0.05) is 6.07 Å². The van der Waals surface area contributed by atoms with Crippen molar-refractivity contribution in [3.05, 3.63) is 34.1 Å². The molecule has 1 aromatic carbocycles. The summed E-state index contributed by atoms with van der Waals surface area (Å²) in [6.07, 6.45) is 2.05. The van der Waals surface area contributed by atoms with Gasteiger partial charge in [-0.2, -0.15) is 0 Å². The molecule has 0 bridgehead atoms. The monoisotopic (exact) mass is 358 g/mol. The van der Waals surface area contributed by atoms with Gasteiger partial charge in [0, 0.05) is 26.1 Å². The third kappa shape index (κ3) is 3.81. The molecule has 0 aromatic heterocycles. The minimum atomic E-state index is -0.323. The van der Waals surface area contributed by atoms with Crippen molar-refractivity contribution in [3.63, 3.8) is 0 Å². The van der Waals surface area contributed by atoms with E-state index < -0.39 is 0 Å². The zero-order chi connectivity index (χ0) is 15.4. The maximum absolute atomic E-state index is 13.4. The molecule has 1 amide bonds. The van der Waals surface area contributed by atoms with Gasteiger partial charge >= 0.3 is 0 Å². The Morgan fingerprint density at radius 2 is 2.29 bits per heavy atom. The average molecular weight is 359 g/mol. The fourth-order valence-electron chi connectivity index (χ4n) is 2.75. The van der Waals surface area contributed by atoms with E-state index >= 15 is 0 Å². The van der Waals surface area contributed by atoms with Crippen LogP contribution in [-0.4, -0.2) is 37.1 Å². The number of hydrogen-bond donors (Lipinski definition) is 1. The van der Waals surface area contributed by atoms with Crippen LogP contribution < -0.4 is 5.73 Å². The minimum Gasteiger partial charge on any atom is -0.383 e. The van der Waals surface area contributed by atoms with Crippen LogP contribution in [0.15, 0.2) is 22.7 Å². The van der Waals surface area contributed by atoms with Gasteiger partial charge < -0.3 is 15.4 Å². The van der Waals surface area contributed by atoms with E-state index in [9.17, 15) is 9.18 Å². The van der Waals surface area contributed by atoms with Crippen molar-refractivity contribution in [1.82, 2.24) is 4.90 Å². The van der Waals surface area contributed by atoms with Crippen LogP contribution in [0, 0.1) is 5.82 Å². The Balaban J connectivity index is 2.36. The summed E-state index contributed by atoms with van der Waals surface area (Å²) in [5, 5.41) is 0. The van der Waals surface area contributed by atoms with Gasteiger partial charge in [-0.05, 0) is 46.5 Å². The van der Waals surface area contributed by atoms with E-state index in [-0.39, 0.29) is 23.8 Å². The Morgan fingerprint density at radius 3 is 2.95 bits per heavy atom. The number of carbonyl (C=O) groups excluding carboxylic acids is 1. The summed E-state index contributed by atoms with van der Waals surface area (Å²) in [5.41, 5.74) is 7.13. The third-order valence-corrected chi connectivity index (χ3v) is 4.42. The molecule has 21 heavy (non-hydrogen) atoms. The van der Waals surface area contributed by atoms with Gasteiger partial charge in [-0.3, -0.25) is 4.79 Å². The molecular weight excluding hydrogens is 339 g/mol. The predicted molar refractivity (Wildman–Crippen MR) is 82.3 cm³/mol. The van der Waals surface area contributed by atoms with Gasteiger partial charge in [0.15, 0.2) is 0 Å². The average Bonchev–Trinajstić information content (AvgIpc) is 2.59. The number of methoxy groups -OCH3 is 1. The molecule has 2 N–H and O–H groups in total. The molecule has 0 spiro atoms. The van der Waals surface area contributed by atoms with Crippen LogP contribution >= 0.6 is 15.9 Å². The predicted octanol–water partition coefficient (Wildman–Crippen LogP) is 2.62. The summed E-state index contributed by atoms with van der Waals surface area (Å²) in [4.78, 5) is 14.1. The van der Waals surface area contributed by atoms with Gasteiger partial charge in [0.2, 0.25) is 5.91 Å². The number of amides is 1. The number of rotatable bonds is 4. The minimum absolute atomic E-state index is 0.0745. The molecule has 1 heterocycles. The van der Waals surface area contributed by atoms with Crippen molar-refractivity contribution in [1.29, 1.82) is 0 Å². The summed E-state index contributed by atoms with van der Waals surface area (Å²) < 4.78 is 18.9. The lowest BCUT2D eigenvalue weighted by Gasteiger charge is -2.34. The molecule has 1 aliphatic heterocycles. The van der Waals surface area contributed by atoms with Crippen LogP contribution in [0.4, 0.5) is 4.39 Å². The highest BCUT2D eigenvalue weighted by Crippen LogP contribution is 2.32. The number of nitrogens with zero attached hydrogens (tertiary/aromatic N) is 1. The third-order valence-electron chi connectivity index (χ3n) is 3.81. The second kappa shape index (κ2) is 7.33. The molecular formula is C15H20BrFN2O2. The highest BCUT2D eigenvalue weighted by Gasteiger charge is 2.32. The van der Waals surface area contributed by atoms with Crippen molar-refractivity contribution < 1.29 is 13.9 Å². The number of benzene rings is 1. The van der Waals surface area contributed by atoms with E-state index in [1.54, 1.807) is 24.1 Å². The van der Waals surface area contributed by atoms with Crippen LogP contribution in [0.25, 0.3) is 0 Å². The Morgan fingerprint density at radius 1 is 1.52 bits per heavy atom. The Labute approximate surface area is 132 Å². The molecule has 0 aliphatic carbocycles. The van der Waals surface area contributed by atoms with Crippen LogP contribution in [0.1, 0.15) is 30.9 Å². The van der Waals surface area contributed by atoms with Crippen molar-refractivity contribution in [2.24, 2.45) is 5.73 Å². The molecule has 2 unspecified atom stereocenters. The molecule has 4 nitrogen and oxygen atoms in total. The highest BCUT2D eigenvalue weighted by atomic mass is 79.9. The molecule has 6 heteroatoms. The van der Waals surface area contributed by atoms with Crippen molar-refractivity contribution >= 4 is 21.8 Å². The lowest BCUT2D eigenvalue weighted by molar-refractivity contribution is -0.134. The first-order valence-electron chi connectivity index (χ1n) is 7.03. The van der Waals surface area contributed by atoms with Crippen molar-refractivity contribution in [2.45, 2.75) is 31.3 Å². The zero-order valence-electron chi connectivity index (χ0n) is 12.0. The Hall–Kier alpha value is -0.980. The lowest BCUT2D eigenvalue weighted by atomic mass is 9.96. The molecule has 116 valence electrons. The first-order valence-corrected chi connectivity index (χ1v) is 7.83. The molecule has 2 atom stereocenters. The first kappa shape index (κ1) is 16.4. The quantitative estimate of drug-likeness (QED) is 0.899. The topological polar surface area (TPSA) is 55.6 Å². The summed E-state index contributed by atoms with van der Waals surface area (Å²) in [7, 11) is 1.60. The Bertz CT molecular complexity index is 512. The van der Waals surface area contributed by atoms with Gasteiger partial charge in [0.25, 0.3) is 0 Å². The zero-order valence-corrected chi connectivity index (χ0v) is 13.6. The van der Waals surface area contributed by atoms with Gasteiger partial charge in [-0.15, -0.1) is 0 Å².